The lowest BCUT2D eigenvalue weighted by Gasteiger charge is -2.11. The quantitative estimate of drug-likeness (QED) is 0.539. The van der Waals surface area contributed by atoms with Crippen molar-refractivity contribution >= 4 is 17.3 Å². The molecular formula is C19H15N3O4. The summed E-state index contributed by atoms with van der Waals surface area (Å²) in [6.07, 6.45) is 3.16. The van der Waals surface area contributed by atoms with Gasteiger partial charge in [0.15, 0.2) is 0 Å². The van der Waals surface area contributed by atoms with Gasteiger partial charge in [-0.1, -0.05) is 24.3 Å². The number of amides is 1. The number of pyridine rings is 1. The molecule has 2 aromatic carbocycles. The van der Waals surface area contributed by atoms with Crippen LogP contribution >= 0.6 is 0 Å². The summed E-state index contributed by atoms with van der Waals surface area (Å²) < 4.78 is 5.72. The van der Waals surface area contributed by atoms with Gasteiger partial charge in [0.05, 0.1) is 22.4 Å². The van der Waals surface area contributed by atoms with Crippen LogP contribution in [0.2, 0.25) is 0 Å². The van der Waals surface area contributed by atoms with Gasteiger partial charge in [-0.25, -0.2) is 0 Å². The number of hydrogen-bond acceptors (Lipinski definition) is 5. The van der Waals surface area contributed by atoms with E-state index in [1.807, 2.05) is 0 Å². The number of anilines is 1. The van der Waals surface area contributed by atoms with Crippen LogP contribution in [0, 0.1) is 10.1 Å². The van der Waals surface area contributed by atoms with E-state index in [1.165, 1.54) is 12.1 Å². The highest BCUT2D eigenvalue weighted by atomic mass is 16.6. The summed E-state index contributed by atoms with van der Waals surface area (Å²) in [5.74, 6) is 0.0630. The van der Waals surface area contributed by atoms with Crippen molar-refractivity contribution in [3.05, 3.63) is 94.3 Å². The Labute approximate surface area is 149 Å². The number of para-hydroxylation sites is 1. The third kappa shape index (κ3) is 4.21. The van der Waals surface area contributed by atoms with E-state index < -0.39 is 4.92 Å². The standard InChI is InChI=1S/C19H15N3O4/c23-19(21-15-6-4-10-20-12-15)17-8-1-2-9-18(17)26-13-14-5-3-7-16(11-14)22(24)25/h1-12H,13H2,(H,21,23). The molecular weight excluding hydrogens is 334 g/mol. The first-order valence-electron chi connectivity index (χ1n) is 7.80. The first-order valence-corrected chi connectivity index (χ1v) is 7.80. The fourth-order valence-corrected chi connectivity index (χ4v) is 2.34. The molecule has 0 aliphatic rings. The van der Waals surface area contributed by atoms with Crippen LogP contribution in [0.15, 0.2) is 73.1 Å². The SMILES string of the molecule is O=C(Nc1cccnc1)c1ccccc1OCc1cccc([N+](=O)[O-])c1. The lowest BCUT2D eigenvalue weighted by Crippen LogP contribution is -2.13. The van der Waals surface area contributed by atoms with E-state index in [0.29, 0.717) is 22.6 Å². The maximum Gasteiger partial charge on any atom is 0.269 e. The molecule has 7 heteroatoms. The van der Waals surface area contributed by atoms with E-state index in [0.717, 1.165) is 0 Å². The molecule has 26 heavy (non-hydrogen) atoms. The summed E-state index contributed by atoms with van der Waals surface area (Å²) in [7, 11) is 0. The van der Waals surface area contributed by atoms with Gasteiger partial charge >= 0.3 is 0 Å². The molecule has 0 radical (unpaired) electrons. The lowest BCUT2D eigenvalue weighted by atomic mass is 10.1. The molecule has 0 spiro atoms. The minimum Gasteiger partial charge on any atom is -0.488 e. The van der Waals surface area contributed by atoms with Crippen molar-refractivity contribution in [1.29, 1.82) is 0 Å². The number of nitrogens with zero attached hydrogens (tertiary/aromatic N) is 2. The van der Waals surface area contributed by atoms with Gasteiger partial charge in [-0.05, 0) is 29.8 Å². The minimum absolute atomic E-state index is 0.00583. The Morgan fingerprint density at radius 1 is 1.12 bits per heavy atom. The van der Waals surface area contributed by atoms with E-state index in [-0.39, 0.29) is 18.2 Å². The molecule has 1 heterocycles. The Bertz CT molecular complexity index is 929. The molecule has 130 valence electrons. The average Bonchev–Trinajstić information content (AvgIpc) is 2.67. The van der Waals surface area contributed by atoms with Crippen LogP contribution in [0.5, 0.6) is 5.75 Å². The van der Waals surface area contributed by atoms with E-state index in [4.69, 9.17) is 4.74 Å². The largest absolute Gasteiger partial charge is 0.488 e. The maximum atomic E-state index is 12.5. The minimum atomic E-state index is -0.460. The van der Waals surface area contributed by atoms with Crippen molar-refractivity contribution in [3.63, 3.8) is 0 Å². The van der Waals surface area contributed by atoms with Gasteiger partial charge in [-0.3, -0.25) is 19.9 Å². The van der Waals surface area contributed by atoms with Crippen LogP contribution in [-0.2, 0) is 6.61 Å². The molecule has 0 saturated carbocycles. The topological polar surface area (TPSA) is 94.4 Å². The highest BCUT2D eigenvalue weighted by molar-refractivity contribution is 6.06. The first kappa shape index (κ1) is 17.1. The normalized spacial score (nSPS) is 10.2. The zero-order valence-electron chi connectivity index (χ0n) is 13.7. The van der Waals surface area contributed by atoms with Gasteiger partial charge < -0.3 is 10.1 Å². The molecule has 7 nitrogen and oxygen atoms in total. The van der Waals surface area contributed by atoms with Crippen molar-refractivity contribution < 1.29 is 14.5 Å². The predicted molar refractivity (Wildman–Crippen MR) is 96.1 cm³/mol. The molecule has 0 aliphatic heterocycles. The second-order valence-corrected chi connectivity index (χ2v) is 5.41. The van der Waals surface area contributed by atoms with Crippen molar-refractivity contribution in [1.82, 2.24) is 4.98 Å². The molecule has 0 fully saturated rings. The summed E-state index contributed by atoms with van der Waals surface area (Å²) in [5.41, 5.74) is 1.57. The number of nitro benzene ring substituents is 1. The number of non-ortho nitro benzene ring substituents is 1. The van der Waals surface area contributed by atoms with E-state index >= 15 is 0 Å². The third-order valence-corrected chi connectivity index (χ3v) is 3.57. The number of nitro groups is 1. The van der Waals surface area contributed by atoms with Gasteiger partial charge in [0.25, 0.3) is 11.6 Å². The summed E-state index contributed by atoms with van der Waals surface area (Å²) in [5, 5.41) is 13.6. The van der Waals surface area contributed by atoms with Crippen LogP contribution in [0.3, 0.4) is 0 Å². The van der Waals surface area contributed by atoms with E-state index in [2.05, 4.69) is 10.3 Å². The molecule has 0 atom stereocenters. The Kier molecular flexibility index (Phi) is 5.19. The Morgan fingerprint density at radius 3 is 2.73 bits per heavy atom. The van der Waals surface area contributed by atoms with Crippen molar-refractivity contribution in [2.75, 3.05) is 5.32 Å². The highest BCUT2D eigenvalue weighted by Gasteiger charge is 2.13. The summed E-state index contributed by atoms with van der Waals surface area (Å²) in [4.78, 5) is 26.8. The molecule has 0 saturated heterocycles. The van der Waals surface area contributed by atoms with Gasteiger partial charge in [0.1, 0.15) is 12.4 Å². The van der Waals surface area contributed by atoms with E-state index in [1.54, 1.807) is 60.9 Å². The lowest BCUT2D eigenvalue weighted by molar-refractivity contribution is -0.384. The smallest absolute Gasteiger partial charge is 0.269 e. The number of aromatic nitrogens is 1. The molecule has 1 amide bonds. The first-order chi connectivity index (χ1) is 12.6. The van der Waals surface area contributed by atoms with Gasteiger partial charge in [-0.15, -0.1) is 0 Å². The second kappa shape index (κ2) is 7.89. The van der Waals surface area contributed by atoms with Crippen molar-refractivity contribution in [2.45, 2.75) is 6.61 Å². The Hall–Kier alpha value is -3.74. The number of rotatable bonds is 6. The number of benzene rings is 2. The fourth-order valence-electron chi connectivity index (χ4n) is 2.34. The predicted octanol–water partition coefficient (Wildman–Crippen LogP) is 3.82. The molecule has 3 aromatic rings. The monoisotopic (exact) mass is 349 g/mol. The van der Waals surface area contributed by atoms with Crippen LogP contribution in [0.25, 0.3) is 0 Å². The number of hydrogen-bond donors (Lipinski definition) is 1. The average molecular weight is 349 g/mol. The molecule has 3 rings (SSSR count). The highest BCUT2D eigenvalue weighted by Crippen LogP contribution is 2.22. The van der Waals surface area contributed by atoms with Crippen molar-refractivity contribution in [2.24, 2.45) is 0 Å². The summed E-state index contributed by atoms with van der Waals surface area (Å²) in [6, 6.07) is 16.4. The van der Waals surface area contributed by atoms with Gasteiger partial charge in [0, 0.05) is 18.3 Å². The molecule has 1 N–H and O–H groups in total. The van der Waals surface area contributed by atoms with Crippen LogP contribution in [0.1, 0.15) is 15.9 Å². The van der Waals surface area contributed by atoms with Gasteiger partial charge in [-0.2, -0.15) is 0 Å². The molecule has 0 unspecified atom stereocenters. The molecule has 1 aromatic heterocycles. The Balaban J connectivity index is 1.74. The van der Waals surface area contributed by atoms with Gasteiger partial charge in [0.2, 0.25) is 0 Å². The number of ether oxygens (including phenoxy) is 1. The Morgan fingerprint density at radius 2 is 1.96 bits per heavy atom. The van der Waals surface area contributed by atoms with Crippen molar-refractivity contribution in [3.8, 4) is 5.75 Å². The third-order valence-electron chi connectivity index (χ3n) is 3.57. The molecule has 0 bridgehead atoms. The number of nitrogens with one attached hydrogen (secondary N) is 1. The van der Waals surface area contributed by atoms with E-state index in [9.17, 15) is 14.9 Å². The zero-order chi connectivity index (χ0) is 18.4. The summed E-state index contributed by atoms with van der Waals surface area (Å²) in [6.45, 7) is 0.110. The zero-order valence-corrected chi connectivity index (χ0v) is 13.7. The number of carbonyl (C=O) groups is 1. The summed E-state index contributed by atoms with van der Waals surface area (Å²) >= 11 is 0. The van der Waals surface area contributed by atoms with Crippen LogP contribution in [-0.4, -0.2) is 15.8 Å². The van der Waals surface area contributed by atoms with Crippen LogP contribution in [0.4, 0.5) is 11.4 Å². The maximum absolute atomic E-state index is 12.5. The number of carbonyl (C=O) groups excluding carboxylic acids is 1. The van der Waals surface area contributed by atoms with Crippen LogP contribution < -0.4 is 10.1 Å². The fraction of sp³-hybridized carbons (Fsp3) is 0.0526. The second-order valence-electron chi connectivity index (χ2n) is 5.41. The molecule has 0 aliphatic carbocycles.